The number of hydrogen-bond acceptors (Lipinski definition) is 6. The summed E-state index contributed by atoms with van der Waals surface area (Å²) in [5.41, 5.74) is 0. The van der Waals surface area contributed by atoms with E-state index in [0.29, 0.717) is 6.42 Å². The fourth-order valence-electron chi connectivity index (χ4n) is 5.48. The highest BCUT2D eigenvalue weighted by Gasteiger charge is 2.22. The van der Waals surface area contributed by atoms with Crippen LogP contribution < -0.4 is 0 Å². The lowest BCUT2D eigenvalue weighted by molar-refractivity contribution is -0.161. The molecule has 0 spiro atoms. The molecule has 0 fully saturated rings. The van der Waals surface area contributed by atoms with Crippen LogP contribution in [0.1, 0.15) is 194 Å². The third kappa shape index (κ3) is 37.4. The van der Waals surface area contributed by atoms with Crippen molar-refractivity contribution >= 4 is 19.8 Å². The second kappa shape index (κ2) is 35.4. The topological polar surface area (TPSA) is 119 Å². The maximum absolute atomic E-state index is 12.3. The highest BCUT2D eigenvalue weighted by molar-refractivity contribution is 7.46. The minimum Gasteiger partial charge on any atom is -0.462 e. The summed E-state index contributed by atoms with van der Waals surface area (Å²) in [6.45, 7) is 3.65. The largest absolute Gasteiger partial charge is 0.469 e. The van der Waals surface area contributed by atoms with E-state index in [0.717, 1.165) is 64.2 Å². The molecule has 0 heterocycles. The Morgan fingerprint density at radius 1 is 0.521 bits per heavy atom. The first-order chi connectivity index (χ1) is 23.3. The molecule has 0 aliphatic carbocycles. The number of unbranched alkanes of at least 4 members (excludes halogenated alkanes) is 22. The molecule has 0 saturated carbocycles. The summed E-state index contributed by atoms with van der Waals surface area (Å²) in [7, 11) is -4.75. The van der Waals surface area contributed by atoms with E-state index in [9.17, 15) is 14.2 Å². The molecule has 0 amide bonds. The average Bonchev–Trinajstić information content (AvgIpc) is 3.05. The van der Waals surface area contributed by atoms with Crippen LogP contribution in [0, 0.1) is 0 Å². The molecule has 0 aromatic carbocycles. The molecule has 0 saturated heterocycles. The lowest BCUT2D eigenvalue weighted by Gasteiger charge is -2.18. The van der Waals surface area contributed by atoms with Gasteiger partial charge in [-0.1, -0.05) is 141 Å². The number of phosphoric acid groups is 1. The molecular formula is C39H73O8P. The van der Waals surface area contributed by atoms with Gasteiger partial charge in [0.15, 0.2) is 6.10 Å². The van der Waals surface area contributed by atoms with Crippen LogP contribution in [-0.2, 0) is 28.2 Å². The molecule has 0 aromatic rings. The van der Waals surface area contributed by atoms with Gasteiger partial charge < -0.3 is 19.3 Å². The first kappa shape index (κ1) is 46.5. The van der Waals surface area contributed by atoms with E-state index in [4.69, 9.17) is 19.3 Å². The van der Waals surface area contributed by atoms with Gasteiger partial charge in [-0.3, -0.25) is 14.1 Å². The molecule has 0 bridgehead atoms. The zero-order valence-corrected chi connectivity index (χ0v) is 31.8. The van der Waals surface area contributed by atoms with Crippen molar-refractivity contribution in [1.82, 2.24) is 0 Å². The summed E-state index contributed by atoms with van der Waals surface area (Å²) in [5.74, 6) is -0.896. The van der Waals surface area contributed by atoms with Crippen LogP contribution in [0.25, 0.3) is 0 Å². The monoisotopic (exact) mass is 701 g/mol. The lowest BCUT2D eigenvalue weighted by Crippen LogP contribution is -2.29. The van der Waals surface area contributed by atoms with Crippen molar-refractivity contribution in [2.24, 2.45) is 0 Å². The van der Waals surface area contributed by atoms with E-state index in [1.807, 2.05) is 0 Å². The van der Waals surface area contributed by atoms with Crippen LogP contribution in [-0.4, -0.2) is 41.0 Å². The smallest absolute Gasteiger partial charge is 0.462 e. The van der Waals surface area contributed by atoms with Crippen LogP contribution in [0.5, 0.6) is 0 Å². The minimum atomic E-state index is -4.75. The van der Waals surface area contributed by atoms with Crippen molar-refractivity contribution in [3.05, 3.63) is 24.3 Å². The number of esters is 2. The third-order valence-corrected chi connectivity index (χ3v) is 8.93. The summed E-state index contributed by atoms with van der Waals surface area (Å²) in [6.07, 6.45) is 39.0. The summed E-state index contributed by atoms with van der Waals surface area (Å²) >= 11 is 0. The summed E-state index contributed by atoms with van der Waals surface area (Å²) < 4.78 is 26.3. The van der Waals surface area contributed by atoms with Gasteiger partial charge >= 0.3 is 19.8 Å². The number of hydrogen-bond donors (Lipinski definition) is 2. The van der Waals surface area contributed by atoms with Crippen LogP contribution in [0.3, 0.4) is 0 Å². The number of carbonyl (C=O) groups is 2. The molecule has 0 aliphatic rings. The van der Waals surface area contributed by atoms with Crippen LogP contribution >= 0.6 is 7.82 Å². The van der Waals surface area contributed by atoms with Gasteiger partial charge in [-0.25, -0.2) is 4.57 Å². The SMILES string of the molecule is CCCCCC/C=C/CCCCCCCC(=O)O[C@H](COC(=O)CCCCCCCCC/C=C/CCCCCCCC)COP(=O)(O)O. The highest BCUT2D eigenvalue weighted by Crippen LogP contribution is 2.36. The van der Waals surface area contributed by atoms with Crippen molar-refractivity contribution < 1.29 is 37.9 Å². The zero-order chi connectivity index (χ0) is 35.4. The molecule has 0 aromatic heterocycles. The van der Waals surface area contributed by atoms with Crippen molar-refractivity contribution in [2.45, 2.75) is 200 Å². The molecule has 1 atom stereocenters. The zero-order valence-electron chi connectivity index (χ0n) is 30.9. The summed E-state index contributed by atoms with van der Waals surface area (Å²) in [5, 5.41) is 0. The van der Waals surface area contributed by atoms with Gasteiger partial charge in [0, 0.05) is 12.8 Å². The molecule has 0 radical (unpaired) electrons. The van der Waals surface area contributed by atoms with Crippen LogP contribution in [0.4, 0.5) is 0 Å². The molecule has 9 heteroatoms. The van der Waals surface area contributed by atoms with E-state index in [1.54, 1.807) is 0 Å². The molecule has 48 heavy (non-hydrogen) atoms. The third-order valence-electron chi connectivity index (χ3n) is 8.44. The fourth-order valence-corrected chi connectivity index (χ4v) is 5.84. The van der Waals surface area contributed by atoms with Gasteiger partial charge in [-0.2, -0.15) is 0 Å². The number of rotatable bonds is 36. The Balaban J connectivity index is 3.94. The molecule has 2 N–H and O–H groups in total. The van der Waals surface area contributed by atoms with Crippen molar-refractivity contribution in [3.8, 4) is 0 Å². The van der Waals surface area contributed by atoms with Gasteiger partial charge in [-0.05, 0) is 64.2 Å². The predicted molar refractivity (Wildman–Crippen MR) is 198 cm³/mol. The fraction of sp³-hybridized carbons (Fsp3) is 0.846. The number of carbonyl (C=O) groups excluding carboxylic acids is 2. The molecule has 8 nitrogen and oxygen atoms in total. The molecule has 0 unspecified atom stereocenters. The minimum absolute atomic E-state index is 0.202. The normalized spacial score (nSPS) is 12.7. The quantitative estimate of drug-likeness (QED) is 0.0287. The van der Waals surface area contributed by atoms with Crippen LogP contribution in [0.2, 0.25) is 0 Å². The van der Waals surface area contributed by atoms with E-state index in [1.165, 1.54) is 96.3 Å². The van der Waals surface area contributed by atoms with Crippen molar-refractivity contribution in [2.75, 3.05) is 13.2 Å². The Labute approximate surface area is 294 Å². The summed E-state index contributed by atoms with van der Waals surface area (Å²) in [4.78, 5) is 42.7. The highest BCUT2D eigenvalue weighted by atomic mass is 31.2. The Morgan fingerprint density at radius 2 is 0.875 bits per heavy atom. The summed E-state index contributed by atoms with van der Waals surface area (Å²) in [6, 6.07) is 0. The Hall–Kier alpha value is -1.47. The first-order valence-corrected chi connectivity index (χ1v) is 21.2. The Kier molecular flexibility index (Phi) is 34.3. The van der Waals surface area contributed by atoms with E-state index < -0.39 is 32.5 Å². The number of allylic oxidation sites excluding steroid dienone is 4. The second-order valence-corrected chi connectivity index (χ2v) is 14.5. The number of ether oxygens (including phenoxy) is 2. The maximum Gasteiger partial charge on any atom is 0.469 e. The molecule has 0 rings (SSSR count). The lowest BCUT2D eigenvalue weighted by atomic mass is 10.1. The first-order valence-electron chi connectivity index (χ1n) is 19.6. The van der Waals surface area contributed by atoms with Gasteiger partial charge in [-0.15, -0.1) is 0 Å². The van der Waals surface area contributed by atoms with E-state index >= 15 is 0 Å². The molecule has 282 valence electrons. The Bertz CT molecular complexity index is 838. The van der Waals surface area contributed by atoms with Crippen molar-refractivity contribution in [1.29, 1.82) is 0 Å². The number of phosphoric ester groups is 1. The molecule has 0 aliphatic heterocycles. The van der Waals surface area contributed by atoms with E-state index in [-0.39, 0.29) is 19.4 Å². The van der Waals surface area contributed by atoms with Gasteiger partial charge in [0.25, 0.3) is 0 Å². The van der Waals surface area contributed by atoms with Crippen molar-refractivity contribution in [3.63, 3.8) is 0 Å². The van der Waals surface area contributed by atoms with Gasteiger partial charge in [0.05, 0.1) is 6.61 Å². The maximum atomic E-state index is 12.3. The van der Waals surface area contributed by atoms with Crippen LogP contribution in [0.15, 0.2) is 24.3 Å². The second-order valence-electron chi connectivity index (χ2n) is 13.2. The predicted octanol–water partition coefficient (Wildman–Crippen LogP) is 11.6. The Morgan fingerprint density at radius 3 is 1.29 bits per heavy atom. The standard InChI is InChI=1S/C39H73O8P/c1-3-5-7-9-11-13-15-17-18-19-20-22-23-25-27-29-31-33-38(40)45-35-37(36-46-48(42,43)44)47-39(41)34-32-30-28-26-24-21-16-14-12-10-8-6-4-2/h14,16-18,37H,3-13,15,19-36H2,1-2H3,(H2,42,43,44)/b16-14+,18-17+/t37-/m1/s1. The van der Waals surface area contributed by atoms with Gasteiger partial charge in [0.1, 0.15) is 6.61 Å². The van der Waals surface area contributed by atoms with E-state index in [2.05, 4.69) is 42.7 Å². The van der Waals surface area contributed by atoms with Gasteiger partial charge in [0.2, 0.25) is 0 Å². The molecular weight excluding hydrogens is 627 g/mol. The average molecular weight is 701 g/mol.